The monoisotopic (exact) mass is 241 g/mol. The molecule has 1 rings (SSSR count). The van der Waals surface area contributed by atoms with Crippen molar-refractivity contribution in [3.05, 3.63) is 29.8 Å². The molecule has 0 aliphatic carbocycles. The van der Waals surface area contributed by atoms with E-state index in [1.165, 1.54) is 6.92 Å². The Labute approximate surface area is 96.9 Å². The van der Waals surface area contributed by atoms with E-state index in [4.69, 9.17) is 5.73 Å². The van der Waals surface area contributed by atoms with Crippen LogP contribution >= 0.6 is 0 Å². The molecule has 0 aliphatic heterocycles. The van der Waals surface area contributed by atoms with Gasteiger partial charge in [0.2, 0.25) is 5.91 Å². The van der Waals surface area contributed by atoms with Crippen molar-refractivity contribution in [3.8, 4) is 0 Å². The van der Waals surface area contributed by atoms with Crippen LogP contribution in [0.1, 0.15) is 12.5 Å². The zero-order valence-corrected chi connectivity index (χ0v) is 10.1. The van der Waals surface area contributed by atoms with E-state index in [-0.39, 0.29) is 5.75 Å². The van der Waals surface area contributed by atoms with Crippen LogP contribution in [0.25, 0.3) is 0 Å². The first-order valence-electron chi connectivity index (χ1n) is 4.80. The zero-order valence-electron chi connectivity index (χ0n) is 9.27. The van der Waals surface area contributed by atoms with E-state index in [0.29, 0.717) is 4.90 Å². The van der Waals surface area contributed by atoms with Crippen molar-refractivity contribution in [2.24, 2.45) is 5.73 Å². The number of nitrogens with two attached hydrogens (primary N) is 1. The molecule has 2 atom stereocenters. The van der Waals surface area contributed by atoms with Gasteiger partial charge in [-0.05, 0) is 26.0 Å². The van der Waals surface area contributed by atoms with Gasteiger partial charge in [-0.15, -0.1) is 0 Å². The molecule has 3 N–H and O–H groups in total. The maximum Gasteiger partial charge on any atom is 0.250 e. The molecule has 5 heteroatoms. The molecule has 16 heavy (non-hydrogen) atoms. The van der Waals surface area contributed by atoms with Crippen LogP contribution in [-0.4, -0.2) is 26.6 Å². The summed E-state index contributed by atoms with van der Waals surface area (Å²) in [5, 5.41) is 9.61. The predicted molar refractivity (Wildman–Crippen MR) is 62.3 cm³/mol. The zero-order chi connectivity index (χ0) is 12.3. The first-order chi connectivity index (χ1) is 7.33. The Morgan fingerprint density at radius 2 is 1.94 bits per heavy atom. The van der Waals surface area contributed by atoms with E-state index >= 15 is 0 Å². The Morgan fingerprint density at radius 3 is 2.38 bits per heavy atom. The Hall–Kier alpha value is -1.20. The second-order valence-electron chi connectivity index (χ2n) is 3.94. The highest BCUT2D eigenvalue weighted by Crippen LogP contribution is 2.13. The van der Waals surface area contributed by atoms with Crippen LogP contribution in [0.15, 0.2) is 29.2 Å². The standard InChI is InChI=1S/C11H15NO3S/c1-8-3-5-9(6-4-8)16(15)7-11(2,14)10(12)13/h3-6,14H,7H2,1-2H3,(H2,12,13)/t11-,16?/m1/s1. The summed E-state index contributed by atoms with van der Waals surface area (Å²) in [4.78, 5) is 11.5. The van der Waals surface area contributed by atoms with Gasteiger partial charge in [0.25, 0.3) is 0 Å². The van der Waals surface area contributed by atoms with E-state index in [1.54, 1.807) is 12.1 Å². The fourth-order valence-electron chi connectivity index (χ4n) is 1.10. The number of amides is 1. The summed E-state index contributed by atoms with van der Waals surface area (Å²) in [5.41, 5.74) is 4.31. The molecule has 1 aromatic rings. The van der Waals surface area contributed by atoms with Crippen molar-refractivity contribution in [1.29, 1.82) is 0 Å². The average Bonchev–Trinajstić information content (AvgIpc) is 2.17. The summed E-state index contributed by atoms with van der Waals surface area (Å²) in [6, 6.07) is 7.07. The van der Waals surface area contributed by atoms with Gasteiger partial charge >= 0.3 is 0 Å². The minimum atomic E-state index is -1.74. The number of benzene rings is 1. The SMILES string of the molecule is Cc1ccc(S(=O)C[C@@](C)(O)C(N)=O)cc1. The molecule has 0 fully saturated rings. The van der Waals surface area contributed by atoms with Crippen molar-refractivity contribution < 1.29 is 14.1 Å². The number of primary amides is 1. The molecule has 0 saturated carbocycles. The van der Waals surface area contributed by atoms with Crippen LogP contribution in [0.4, 0.5) is 0 Å². The first-order valence-corrected chi connectivity index (χ1v) is 6.12. The topological polar surface area (TPSA) is 80.4 Å². The summed E-state index contributed by atoms with van der Waals surface area (Å²) in [6.07, 6.45) is 0. The third kappa shape index (κ3) is 3.15. The lowest BCUT2D eigenvalue weighted by atomic mass is 10.1. The number of rotatable bonds is 4. The van der Waals surface area contributed by atoms with Crippen LogP contribution in [0.2, 0.25) is 0 Å². The summed E-state index contributed by atoms with van der Waals surface area (Å²) in [5.74, 6) is -1.06. The molecular weight excluding hydrogens is 226 g/mol. The minimum absolute atomic E-state index is 0.189. The van der Waals surface area contributed by atoms with Crippen LogP contribution < -0.4 is 5.73 Å². The van der Waals surface area contributed by atoms with Crippen LogP contribution in [0.3, 0.4) is 0 Å². The van der Waals surface area contributed by atoms with E-state index in [0.717, 1.165) is 5.56 Å². The molecule has 0 aromatic heterocycles. The van der Waals surface area contributed by atoms with Gasteiger partial charge in [0.15, 0.2) is 5.60 Å². The van der Waals surface area contributed by atoms with Crippen molar-refractivity contribution in [2.75, 3.05) is 5.75 Å². The number of aliphatic hydroxyl groups is 1. The van der Waals surface area contributed by atoms with Gasteiger partial charge in [0.05, 0.1) is 16.6 Å². The largest absolute Gasteiger partial charge is 0.379 e. The Balaban J connectivity index is 2.81. The van der Waals surface area contributed by atoms with E-state index in [1.807, 2.05) is 19.1 Å². The smallest absolute Gasteiger partial charge is 0.250 e. The molecule has 0 saturated heterocycles. The highest BCUT2D eigenvalue weighted by atomic mass is 32.2. The number of aryl methyl sites for hydroxylation is 1. The van der Waals surface area contributed by atoms with Crippen molar-refractivity contribution in [1.82, 2.24) is 0 Å². The van der Waals surface area contributed by atoms with Gasteiger partial charge in [0.1, 0.15) is 0 Å². The molecule has 88 valence electrons. The second kappa shape index (κ2) is 4.76. The Kier molecular flexibility index (Phi) is 3.83. The Bertz CT molecular complexity index is 412. The van der Waals surface area contributed by atoms with E-state index < -0.39 is 22.3 Å². The number of hydrogen-bond acceptors (Lipinski definition) is 3. The summed E-state index contributed by atoms with van der Waals surface area (Å²) < 4.78 is 11.8. The highest BCUT2D eigenvalue weighted by molar-refractivity contribution is 7.85. The van der Waals surface area contributed by atoms with Gasteiger partial charge in [-0.2, -0.15) is 0 Å². The summed E-state index contributed by atoms with van der Waals surface area (Å²) >= 11 is 0. The van der Waals surface area contributed by atoms with Crippen molar-refractivity contribution in [3.63, 3.8) is 0 Å². The molecule has 1 amide bonds. The van der Waals surface area contributed by atoms with Gasteiger partial charge < -0.3 is 10.8 Å². The molecule has 0 bridgehead atoms. The van der Waals surface area contributed by atoms with Gasteiger partial charge in [-0.3, -0.25) is 9.00 Å². The normalized spacial score (nSPS) is 16.4. The lowest BCUT2D eigenvalue weighted by Crippen LogP contribution is -2.45. The van der Waals surface area contributed by atoms with Crippen molar-refractivity contribution in [2.45, 2.75) is 24.3 Å². The Morgan fingerprint density at radius 1 is 1.44 bits per heavy atom. The average molecular weight is 241 g/mol. The van der Waals surface area contributed by atoms with Crippen molar-refractivity contribution >= 4 is 16.7 Å². The maximum absolute atomic E-state index is 11.8. The fraction of sp³-hybridized carbons (Fsp3) is 0.364. The first kappa shape index (κ1) is 12.9. The lowest BCUT2D eigenvalue weighted by molar-refractivity contribution is -0.132. The van der Waals surface area contributed by atoms with E-state index in [9.17, 15) is 14.1 Å². The second-order valence-corrected chi connectivity index (χ2v) is 5.39. The number of hydrogen-bond donors (Lipinski definition) is 2. The molecular formula is C11H15NO3S. The third-order valence-corrected chi connectivity index (χ3v) is 3.85. The van der Waals surface area contributed by atoms with Crippen LogP contribution in [-0.2, 0) is 15.6 Å². The lowest BCUT2D eigenvalue weighted by Gasteiger charge is -2.18. The molecule has 4 nitrogen and oxygen atoms in total. The quantitative estimate of drug-likeness (QED) is 0.797. The van der Waals surface area contributed by atoms with Crippen LogP contribution in [0, 0.1) is 6.92 Å². The third-order valence-electron chi connectivity index (χ3n) is 2.23. The summed E-state index contributed by atoms with van der Waals surface area (Å²) in [6.45, 7) is 3.19. The molecule has 1 unspecified atom stereocenters. The van der Waals surface area contributed by atoms with Gasteiger partial charge in [0, 0.05) is 4.90 Å². The van der Waals surface area contributed by atoms with Crippen LogP contribution in [0.5, 0.6) is 0 Å². The van der Waals surface area contributed by atoms with Gasteiger partial charge in [-0.1, -0.05) is 17.7 Å². The minimum Gasteiger partial charge on any atom is -0.379 e. The molecule has 0 aliphatic rings. The van der Waals surface area contributed by atoms with Gasteiger partial charge in [-0.25, -0.2) is 0 Å². The predicted octanol–water partition coefficient (Wildman–Crippen LogP) is 0.339. The maximum atomic E-state index is 11.8. The highest BCUT2D eigenvalue weighted by Gasteiger charge is 2.30. The molecule has 0 spiro atoms. The molecule has 0 heterocycles. The summed E-state index contributed by atoms with van der Waals surface area (Å²) in [7, 11) is -1.43. The number of carbonyl (C=O) groups excluding carboxylic acids is 1. The number of carbonyl (C=O) groups is 1. The fourth-order valence-corrected chi connectivity index (χ4v) is 2.36. The van der Waals surface area contributed by atoms with E-state index in [2.05, 4.69) is 0 Å². The molecule has 1 aromatic carbocycles. The molecule has 0 radical (unpaired) electrons.